The van der Waals surface area contributed by atoms with E-state index in [1.165, 1.54) is 6.54 Å². The van der Waals surface area contributed by atoms with Crippen LogP contribution in [0.2, 0.25) is 0 Å². The van der Waals surface area contributed by atoms with Crippen LogP contribution in [0.5, 0.6) is 0 Å². The SMILES string of the molecule is CC.CN1CCNC1.[I][V]([I])[I]. The van der Waals surface area contributed by atoms with Crippen LogP contribution < -0.4 is 5.32 Å². The monoisotopic (exact) mass is 548 g/mol. The van der Waals surface area contributed by atoms with Crippen molar-refractivity contribution in [3.63, 3.8) is 0 Å². The Morgan fingerprint density at radius 1 is 1.25 bits per heavy atom. The van der Waals surface area contributed by atoms with Crippen molar-refractivity contribution in [1.29, 1.82) is 0 Å². The van der Waals surface area contributed by atoms with Crippen LogP contribution >= 0.6 is 59.9 Å². The topological polar surface area (TPSA) is 15.3 Å². The van der Waals surface area contributed by atoms with Gasteiger partial charge in [0, 0.05) is 19.8 Å². The molecule has 0 atom stereocenters. The molecule has 1 N–H and O–H groups in total. The van der Waals surface area contributed by atoms with Crippen LogP contribution in [0.25, 0.3) is 0 Å². The van der Waals surface area contributed by atoms with Crippen molar-refractivity contribution >= 4 is 59.9 Å². The molecule has 0 aromatic carbocycles. The molecule has 0 aromatic rings. The predicted octanol–water partition coefficient (Wildman–Crippen LogP) is 3.16. The van der Waals surface area contributed by atoms with E-state index in [2.05, 4.69) is 77.2 Å². The molecule has 1 fully saturated rings. The first-order valence-corrected chi connectivity index (χ1v) is 17.3. The molecule has 1 aliphatic heterocycles. The Balaban J connectivity index is 0. The summed E-state index contributed by atoms with van der Waals surface area (Å²) in [6.07, 6.45) is 0. The van der Waals surface area contributed by atoms with Gasteiger partial charge >= 0.3 is 64.9 Å². The molecule has 12 heavy (non-hydrogen) atoms. The molecule has 0 aromatic heterocycles. The summed E-state index contributed by atoms with van der Waals surface area (Å²) in [6, 6.07) is 0. The first-order valence-electron chi connectivity index (χ1n) is 3.79. The van der Waals surface area contributed by atoms with Gasteiger partial charge in [-0.3, -0.25) is 4.90 Å². The summed E-state index contributed by atoms with van der Waals surface area (Å²) in [5.74, 6) is 0. The number of nitrogens with one attached hydrogen (secondary N) is 1. The Hall–Kier alpha value is 2.69. The number of nitrogens with zero attached hydrogens (tertiary/aromatic N) is 1. The van der Waals surface area contributed by atoms with Crippen LogP contribution in [0.4, 0.5) is 0 Å². The van der Waals surface area contributed by atoms with Crippen molar-refractivity contribution in [2.75, 3.05) is 26.8 Å². The molecule has 2 nitrogen and oxygen atoms in total. The fraction of sp³-hybridized carbons (Fsp3) is 1.00. The van der Waals surface area contributed by atoms with Gasteiger partial charge in [-0.1, -0.05) is 13.8 Å². The van der Waals surface area contributed by atoms with E-state index in [0.717, 1.165) is 13.2 Å². The normalized spacial score (nSPS) is 16.2. The number of likely N-dealkylation sites (N-methyl/N-ethyl adjacent to an activating group) is 1. The number of hydrogen-bond acceptors (Lipinski definition) is 2. The predicted molar refractivity (Wildman–Crippen MR) is 78.9 cm³/mol. The Morgan fingerprint density at radius 2 is 1.67 bits per heavy atom. The van der Waals surface area contributed by atoms with E-state index in [0.29, 0.717) is 0 Å². The Kier molecular flexibility index (Phi) is 19.5. The number of halogens is 3. The molecule has 1 heterocycles. The molecule has 1 aliphatic rings. The van der Waals surface area contributed by atoms with Crippen molar-refractivity contribution in [3.05, 3.63) is 0 Å². The second kappa shape index (κ2) is 13.7. The van der Waals surface area contributed by atoms with E-state index in [1.54, 1.807) is 0 Å². The van der Waals surface area contributed by atoms with E-state index >= 15 is 0 Å². The molecule has 6 heteroatoms. The fourth-order valence-corrected chi connectivity index (χ4v) is 0.619. The van der Waals surface area contributed by atoms with E-state index in [4.69, 9.17) is 0 Å². The van der Waals surface area contributed by atoms with Crippen molar-refractivity contribution < 1.29 is 4.92 Å². The minimum atomic E-state index is -0.278. The first kappa shape index (κ1) is 17.1. The van der Waals surface area contributed by atoms with Crippen molar-refractivity contribution in [2.24, 2.45) is 0 Å². The standard InChI is InChI=1S/C4H10N2.C2H6.3HI.V/c1-6-3-2-5-4-6;1-2;;;;/h5H,2-4H2,1H3;1-2H3;3*1H;/q;;;;;+3/p-3. The summed E-state index contributed by atoms with van der Waals surface area (Å²) in [4.78, 5) is 1.97. The van der Waals surface area contributed by atoms with Crippen LogP contribution in [-0.2, 0) is 4.92 Å². The van der Waals surface area contributed by atoms with Crippen molar-refractivity contribution in [3.8, 4) is 0 Å². The third kappa shape index (κ3) is 18.5. The van der Waals surface area contributed by atoms with Crippen LogP contribution in [0, 0.1) is 0 Å². The maximum absolute atomic E-state index is 3.20. The van der Waals surface area contributed by atoms with Gasteiger partial charge in [-0.2, -0.15) is 0 Å². The van der Waals surface area contributed by atoms with Gasteiger partial charge in [0.2, 0.25) is 0 Å². The molecule has 0 saturated carbocycles. The fourth-order valence-electron chi connectivity index (χ4n) is 0.619. The summed E-state index contributed by atoms with van der Waals surface area (Å²) in [5, 5.41) is 3.20. The number of rotatable bonds is 0. The van der Waals surface area contributed by atoms with Gasteiger partial charge in [-0.15, -0.1) is 0 Å². The van der Waals surface area contributed by atoms with E-state index in [1.807, 2.05) is 13.8 Å². The average molecular weight is 548 g/mol. The Bertz CT molecular complexity index is 76.4. The zero-order valence-electron chi connectivity index (χ0n) is 7.65. The molecule has 0 radical (unpaired) electrons. The van der Waals surface area contributed by atoms with Crippen LogP contribution in [0.15, 0.2) is 0 Å². The third-order valence-corrected chi connectivity index (χ3v) is 1.05. The molecule has 1 saturated heterocycles. The van der Waals surface area contributed by atoms with Gasteiger partial charge in [0.25, 0.3) is 0 Å². The summed E-state index contributed by atoms with van der Waals surface area (Å²) in [6.45, 7) is 7.44. The zero-order chi connectivity index (χ0) is 9.98. The van der Waals surface area contributed by atoms with Crippen molar-refractivity contribution in [2.45, 2.75) is 13.8 Å². The molecular weight excluding hydrogens is 532 g/mol. The average Bonchev–Trinajstić information content (AvgIpc) is 2.43. The van der Waals surface area contributed by atoms with Gasteiger partial charge in [-0.25, -0.2) is 0 Å². The molecule has 0 unspecified atom stereocenters. The van der Waals surface area contributed by atoms with Crippen LogP contribution in [-0.4, -0.2) is 31.7 Å². The van der Waals surface area contributed by atoms with Gasteiger partial charge in [0.1, 0.15) is 0 Å². The number of hydrogen-bond donors (Lipinski definition) is 1. The summed E-state index contributed by atoms with van der Waals surface area (Å²) in [7, 11) is 2.11. The molecule has 76 valence electrons. The molecular formula is C6H16I3N2V. The van der Waals surface area contributed by atoms with Crippen LogP contribution in [0.3, 0.4) is 0 Å². The molecule has 0 spiro atoms. The van der Waals surface area contributed by atoms with Gasteiger partial charge in [0.15, 0.2) is 0 Å². The Morgan fingerprint density at radius 3 is 1.75 bits per heavy atom. The quantitative estimate of drug-likeness (QED) is 0.469. The summed E-state index contributed by atoms with van der Waals surface area (Å²) in [5.41, 5.74) is 0. The maximum atomic E-state index is 3.20. The van der Waals surface area contributed by atoms with Gasteiger partial charge in [-0.05, 0) is 7.05 Å². The zero-order valence-corrected chi connectivity index (χ0v) is 15.5. The summed E-state index contributed by atoms with van der Waals surface area (Å²) < 4.78 is 0. The Labute approximate surface area is 114 Å². The van der Waals surface area contributed by atoms with E-state index < -0.39 is 0 Å². The second-order valence-electron chi connectivity index (χ2n) is 1.93. The summed E-state index contributed by atoms with van der Waals surface area (Å²) >= 11 is 7.39. The molecule has 1 rings (SSSR count). The molecule has 0 aliphatic carbocycles. The second-order valence-corrected chi connectivity index (χ2v) is 37.3. The van der Waals surface area contributed by atoms with Gasteiger partial charge < -0.3 is 5.32 Å². The first-order chi connectivity index (χ1) is 5.63. The van der Waals surface area contributed by atoms with E-state index in [-0.39, 0.29) is 4.92 Å². The molecule has 0 bridgehead atoms. The van der Waals surface area contributed by atoms with Crippen molar-refractivity contribution in [1.82, 2.24) is 10.2 Å². The van der Waals surface area contributed by atoms with Gasteiger partial charge in [0.05, 0.1) is 0 Å². The van der Waals surface area contributed by atoms with Crippen LogP contribution in [0.1, 0.15) is 13.8 Å². The molecule has 0 amide bonds. The third-order valence-electron chi connectivity index (χ3n) is 1.05. The minimum absolute atomic E-state index is 0.278. The van der Waals surface area contributed by atoms with E-state index in [9.17, 15) is 0 Å².